The molecule has 5 rings (SSSR count). The molecule has 2 aliphatic heterocycles. The molecule has 2 aliphatic rings. The van der Waals surface area contributed by atoms with Gasteiger partial charge in [0.25, 0.3) is 5.91 Å². The summed E-state index contributed by atoms with van der Waals surface area (Å²) < 4.78 is 11.4. The Hall–Kier alpha value is -2.38. The Labute approximate surface area is 195 Å². The number of amides is 1. The molecule has 1 amide bonds. The van der Waals surface area contributed by atoms with E-state index in [4.69, 9.17) is 32.4 Å². The van der Waals surface area contributed by atoms with Crippen LogP contribution in [0.5, 0.6) is 0 Å². The maximum absolute atomic E-state index is 13.6. The number of benzene rings is 2. The van der Waals surface area contributed by atoms with E-state index in [9.17, 15) is 9.59 Å². The molecule has 166 valence electrons. The summed E-state index contributed by atoms with van der Waals surface area (Å²) in [5.74, 6) is -0.187. The minimum absolute atomic E-state index is 0.101. The van der Waals surface area contributed by atoms with E-state index in [0.717, 1.165) is 24.2 Å². The SMILES string of the molecule is Cc1ccc2oc3c(c(=O)c2c1)[C@H](c1ccc(Cl)c(Cl)c1)N(CCN1CCOCC1)C3=O. The van der Waals surface area contributed by atoms with Crippen LogP contribution in [0.1, 0.15) is 33.3 Å². The third kappa shape index (κ3) is 3.71. The van der Waals surface area contributed by atoms with Crippen molar-refractivity contribution in [3.63, 3.8) is 0 Å². The van der Waals surface area contributed by atoms with Crippen LogP contribution in [0.2, 0.25) is 10.0 Å². The van der Waals surface area contributed by atoms with Gasteiger partial charge in [-0.05, 0) is 36.8 Å². The minimum atomic E-state index is -0.588. The fourth-order valence-corrected chi connectivity index (χ4v) is 4.77. The summed E-state index contributed by atoms with van der Waals surface area (Å²) in [6.07, 6.45) is 0. The Balaban J connectivity index is 1.62. The molecular formula is C24H22Cl2N2O4. The Morgan fingerprint density at radius 3 is 2.53 bits per heavy atom. The third-order valence-corrected chi connectivity index (χ3v) is 6.88. The second-order valence-corrected chi connectivity index (χ2v) is 9.02. The summed E-state index contributed by atoms with van der Waals surface area (Å²) in [4.78, 5) is 31.0. The van der Waals surface area contributed by atoms with E-state index in [-0.39, 0.29) is 17.1 Å². The van der Waals surface area contributed by atoms with Crippen LogP contribution in [0.15, 0.2) is 45.6 Å². The van der Waals surface area contributed by atoms with Crippen molar-refractivity contribution in [1.82, 2.24) is 9.80 Å². The molecular weight excluding hydrogens is 451 g/mol. The van der Waals surface area contributed by atoms with Crippen molar-refractivity contribution in [2.75, 3.05) is 39.4 Å². The quantitative estimate of drug-likeness (QED) is 0.566. The van der Waals surface area contributed by atoms with Gasteiger partial charge in [-0.2, -0.15) is 0 Å². The van der Waals surface area contributed by atoms with Crippen molar-refractivity contribution < 1.29 is 13.9 Å². The van der Waals surface area contributed by atoms with Crippen LogP contribution in [0.4, 0.5) is 0 Å². The second-order valence-electron chi connectivity index (χ2n) is 8.20. The number of aryl methyl sites for hydroxylation is 1. The molecule has 0 spiro atoms. The maximum atomic E-state index is 13.6. The second kappa shape index (κ2) is 8.52. The Morgan fingerprint density at radius 1 is 1.00 bits per heavy atom. The summed E-state index contributed by atoms with van der Waals surface area (Å²) in [7, 11) is 0. The van der Waals surface area contributed by atoms with Gasteiger partial charge in [0.1, 0.15) is 5.58 Å². The van der Waals surface area contributed by atoms with Gasteiger partial charge in [0.2, 0.25) is 5.76 Å². The molecule has 8 heteroatoms. The zero-order valence-electron chi connectivity index (χ0n) is 17.6. The maximum Gasteiger partial charge on any atom is 0.290 e. The lowest BCUT2D eigenvalue weighted by molar-refractivity contribution is 0.0314. The molecule has 0 bridgehead atoms. The van der Waals surface area contributed by atoms with Crippen LogP contribution in [0, 0.1) is 6.92 Å². The van der Waals surface area contributed by atoms with Gasteiger partial charge in [0.15, 0.2) is 5.43 Å². The molecule has 1 saturated heterocycles. The first kappa shape index (κ1) is 21.5. The van der Waals surface area contributed by atoms with Gasteiger partial charge >= 0.3 is 0 Å². The number of carbonyl (C=O) groups is 1. The highest BCUT2D eigenvalue weighted by atomic mass is 35.5. The molecule has 0 aliphatic carbocycles. The molecule has 1 aromatic heterocycles. The average molecular weight is 473 g/mol. The zero-order valence-corrected chi connectivity index (χ0v) is 19.1. The number of rotatable bonds is 4. The smallest absolute Gasteiger partial charge is 0.290 e. The van der Waals surface area contributed by atoms with E-state index in [1.54, 1.807) is 29.2 Å². The number of carbonyl (C=O) groups excluding carboxylic acids is 1. The van der Waals surface area contributed by atoms with Crippen molar-refractivity contribution in [3.8, 4) is 0 Å². The normalized spacial score (nSPS) is 19.0. The van der Waals surface area contributed by atoms with Gasteiger partial charge in [0, 0.05) is 26.2 Å². The number of morpholine rings is 1. The molecule has 2 aromatic carbocycles. The van der Waals surface area contributed by atoms with Gasteiger partial charge in [-0.1, -0.05) is 40.9 Å². The molecule has 3 aromatic rings. The molecule has 6 nitrogen and oxygen atoms in total. The summed E-state index contributed by atoms with van der Waals surface area (Å²) in [6, 6.07) is 10.0. The van der Waals surface area contributed by atoms with Crippen molar-refractivity contribution >= 4 is 40.1 Å². The summed E-state index contributed by atoms with van der Waals surface area (Å²) in [5.41, 5.74) is 2.25. The van der Waals surface area contributed by atoms with Crippen molar-refractivity contribution in [2.24, 2.45) is 0 Å². The highest BCUT2D eigenvalue weighted by Gasteiger charge is 2.42. The summed E-state index contributed by atoms with van der Waals surface area (Å²) >= 11 is 12.4. The first-order valence-corrected chi connectivity index (χ1v) is 11.3. The van der Waals surface area contributed by atoms with Crippen LogP contribution in [0.25, 0.3) is 11.0 Å². The van der Waals surface area contributed by atoms with E-state index < -0.39 is 6.04 Å². The number of fused-ring (bicyclic) bond motifs is 2. The molecule has 0 unspecified atom stereocenters. The fraction of sp³-hybridized carbons (Fsp3) is 0.333. The molecule has 0 N–H and O–H groups in total. The minimum Gasteiger partial charge on any atom is -0.450 e. The molecule has 0 saturated carbocycles. The molecule has 1 atom stereocenters. The summed E-state index contributed by atoms with van der Waals surface area (Å²) in [6.45, 7) is 6.02. The van der Waals surface area contributed by atoms with Crippen molar-refractivity contribution in [2.45, 2.75) is 13.0 Å². The number of nitrogens with zero attached hydrogens (tertiary/aromatic N) is 2. The summed E-state index contributed by atoms with van der Waals surface area (Å²) in [5, 5.41) is 1.26. The number of hydrogen-bond acceptors (Lipinski definition) is 5. The lowest BCUT2D eigenvalue weighted by Crippen LogP contribution is -2.42. The Bertz CT molecular complexity index is 1270. The largest absolute Gasteiger partial charge is 0.450 e. The van der Waals surface area contributed by atoms with E-state index >= 15 is 0 Å². The van der Waals surface area contributed by atoms with Gasteiger partial charge in [0.05, 0.1) is 40.3 Å². The molecule has 0 radical (unpaired) electrons. The van der Waals surface area contributed by atoms with Crippen LogP contribution >= 0.6 is 23.2 Å². The number of halogens is 2. The first-order valence-electron chi connectivity index (χ1n) is 10.6. The number of hydrogen-bond donors (Lipinski definition) is 0. The zero-order chi connectivity index (χ0) is 22.4. The van der Waals surface area contributed by atoms with Crippen molar-refractivity contribution in [1.29, 1.82) is 0 Å². The lowest BCUT2D eigenvalue weighted by atomic mass is 9.98. The topological polar surface area (TPSA) is 63.0 Å². The monoisotopic (exact) mass is 472 g/mol. The van der Waals surface area contributed by atoms with E-state index in [1.165, 1.54) is 0 Å². The van der Waals surface area contributed by atoms with Crippen molar-refractivity contribution in [3.05, 3.63) is 79.1 Å². The van der Waals surface area contributed by atoms with E-state index in [0.29, 0.717) is 52.9 Å². The number of ether oxygens (including phenoxy) is 1. The van der Waals surface area contributed by atoms with E-state index in [2.05, 4.69) is 4.90 Å². The molecule has 32 heavy (non-hydrogen) atoms. The highest BCUT2D eigenvalue weighted by molar-refractivity contribution is 6.42. The average Bonchev–Trinajstić information content (AvgIpc) is 3.07. The molecule has 1 fully saturated rings. The van der Waals surface area contributed by atoms with Crippen LogP contribution in [-0.4, -0.2) is 55.1 Å². The standard InChI is InChI=1S/C24H22Cl2N2O4/c1-14-2-5-19-16(12-14)22(29)20-21(15-3-4-17(25)18(26)13-15)28(24(30)23(20)32-19)7-6-27-8-10-31-11-9-27/h2-5,12-13,21H,6-11H2,1H3/t21-/m0/s1. The van der Waals surface area contributed by atoms with Crippen LogP contribution in [-0.2, 0) is 4.74 Å². The third-order valence-electron chi connectivity index (χ3n) is 6.14. The Morgan fingerprint density at radius 2 is 1.78 bits per heavy atom. The molecule has 3 heterocycles. The van der Waals surface area contributed by atoms with Crippen LogP contribution in [0.3, 0.4) is 0 Å². The van der Waals surface area contributed by atoms with E-state index in [1.807, 2.05) is 19.1 Å². The van der Waals surface area contributed by atoms with Gasteiger partial charge in [-0.3, -0.25) is 14.5 Å². The predicted octanol–water partition coefficient (Wildman–Crippen LogP) is 4.29. The lowest BCUT2D eigenvalue weighted by Gasteiger charge is -2.31. The van der Waals surface area contributed by atoms with Crippen LogP contribution < -0.4 is 5.43 Å². The highest BCUT2D eigenvalue weighted by Crippen LogP contribution is 2.39. The van der Waals surface area contributed by atoms with Gasteiger partial charge in [-0.25, -0.2) is 0 Å². The van der Waals surface area contributed by atoms with Gasteiger partial charge < -0.3 is 14.1 Å². The fourth-order valence-electron chi connectivity index (χ4n) is 4.47. The first-order chi connectivity index (χ1) is 15.4. The van der Waals surface area contributed by atoms with Gasteiger partial charge in [-0.15, -0.1) is 0 Å². The Kier molecular flexibility index (Phi) is 5.72. The predicted molar refractivity (Wildman–Crippen MR) is 124 cm³/mol.